The molecule has 2 rings (SSSR count). The maximum Gasteiger partial charge on any atom is 0.254 e. The average Bonchev–Trinajstić information content (AvgIpc) is 2.26. The van der Waals surface area contributed by atoms with Gasteiger partial charge in [0.2, 0.25) is 0 Å². The summed E-state index contributed by atoms with van der Waals surface area (Å²) in [6.45, 7) is 2.91. The van der Waals surface area contributed by atoms with E-state index in [0.29, 0.717) is 18.7 Å². The maximum absolute atomic E-state index is 12.2. The molecule has 0 aliphatic carbocycles. The molecule has 1 aromatic carbocycles. The van der Waals surface area contributed by atoms with Crippen molar-refractivity contribution in [3.05, 3.63) is 29.3 Å². The minimum atomic E-state index is -3.32. The SMILES string of the molecule is Cc1ccc(S(C)(=O)=O)cc1C(=O)N1CC(CO)C1. The molecule has 0 spiro atoms. The summed E-state index contributed by atoms with van der Waals surface area (Å²) in [7, 11) is -3.32. The number of hydrogen-bond donors (Lipinski definition) is 1. The van der Waals surface area contributed by atoms with Gasteiger partial charge in [-0.25, -0.2) is 8.42 Å². The van der Waals surface area contributed by atoms with Crippen LogP contribution in [-0.2, 0) is 9.84 Å². The molecular weight excluding hydrogens is 266 g/mol. The van der Waals surface area contributed by atoms with Crippen LogP contribution < -0.4 is 0 Å². The van der Waals surface area contributed by atoms with Crippen molar-refractivity contribution in [2.24, 2.45) is 5.92 Å². The number of hydrogen-bond acceptors (Lipinski definition) is 4. The molecule has 1 aliphatic heterocycles. The van der Waals surface area contributed by atoms with Crippen LogP contribution in [0.15, 0.2) is 23.1 Å². The molecule has 1 heterocycles. The van der Waals surface area contributed by atoms with Crippen LogP contribution in [-0.4, -0.2) is 50.3 Å². The Labute approximate surface area is 112 Å². The summed E-state index contributed by atoms with van der Waals surface area (Å²) in [5.74, 6) is -0.0324. The van der Waals surface area contributed by atoms with Crippen molar-refractivity contribution in [3.8, 4) is 0 Å². The highest BCUT2D eigenvalue weighted by molar-refractivity contribution is 7.90. The molecule has 0 unspecified atom stereocenters. The van der Waals surface area contributed by atoms with Gasteiger partial charge >= 0.3 is 0 Å². The molecule has 6 heteroatoms. The number of sulfone groups is 1. The van der Waals surface area contributed by atoms with Gasteiger partial charge < -0.3 is 10.0 Å². The molecule has 19 heavy (non-hydrogen) atoms. The van der Waals surface area contributed by atoms with Crippen molar-refractivity contribution in [1.82, 2.24) is 4.90 Å². The molecule has 5 nitrogen and oxygen atoms in total. The second-order valence-corrected chi connectivity index (χ2v) is 7.02. The van der Waals surface area contributed by atoms with Gasteiger partial charge in [-0.2, -0.15) is 0 Å². The number of rotatable bonds is 3. The van der Waals surface area contributed by atoms with Gasteiger partial charge in [0, 0.05) is 37.4 Å². The number of amides is 1. The molecule has 1 N–H and O–H groups in total. The first-order valence-electron chi connectivity index (χ1n) is 6.03. The number of benzene rings is 1. The maximum atomic E-state index is 12.2. The second kappa shape index (κ2) is 4.94. The van der Waals surface area contributed by atoms with E-state index in [9.17, 15) is 13.2 Å². The Morgan fingerprint density at radius 3 is 2.58 bits per heavy atom. The monoisotopic (exact) mass is 283 g/mol. The molecule has 1 aromatic rings. The van der Waals surface area contributed by atoms with Gasteiger partial charge in [0.25, 0.3) is 5.91 Å². The summed E-state index contributed by atoms with van der Waals surface area (Å²) in [6, 6.07) is 4.58. The molecule has 1 saturated heterocycles. The van der Waals surface area contributed by atoms with Gasteiger partial charge in [0.1, 0.15) is 0 Å². The lowest BCUT2D eigenvalue weighted by atomic mass is 9.98. The van der Waals surface area contributed by atoms with Crippen molar-refractivity contribution in [2.75, 3.05) is 26.0 Å². The zero-order valence-corrected chi connectivity index (χ0v) is 11.8. The number of aliphatic hydroxyl groups is 1. The van der Waals surface area contributed by atoms with Crippen LogP contribution in [0.4, 0.5) is 0 Å². The van der Waals surface area contributed by atoms with Gasteiger partial charge in [-0.1, -0.05) is 6.07 Å². The molecule has 104 valence electrons. The summed E-state index contributed by atoms with van der Waals surface area (Å²) in [5.41, 5.74) is 1.17. The Hall–Kier alpha value is -1.40. The number of aryl methyl sites for hydroxylation is 1. The van der Waals surface area contributed by atoms with Crippen LogP contribution in [0, 0.1) is 12.8 Å². The van der Waals surface area contributed by atoms with Crippen LogP contribution in [0.3, 0.4) is 0 Å². The fourth-order valence-corrected chi connectivity index (χ4v) is 2.73. The Kier molecular flexibility index (Phi) is 3.64. The lowest BCUT2D eigenvalue weighted by molar-refractivity contribution is 0.0361. The van der Waals surface area contributed by atoms with Crippen LogP contribution in [0.5, 0.6) is 0 Å². The summed E-state index contributed by atoms with van der Waals surface area (Å²) in [5, 5.41) is 8.94. The van der Waals surface area contributed by atoms with Gasteiger partial charge in [-0.3, -0.25) is 4.79 Å². The standard InChI is InChI=1S/C13H17NO4S/c1-9-3-4-11(19(2,17)18)5-12(9)13(16)14-6-10(7-14)8-15/h3-5,10,15H,6-8H2,1-2H3. The lowest BCUT2D eigenvalue weighted by Crippen LogP contribution is -2.51. The zero-order valence-electron chi connectivity index (χ0n) is 11.0. The molecule has 0 bridgehead atoms. The first kappa shape index (κ1) is 14.0. The smallest absolute Gasteiger partial charge is 0.254 e. The highest BCUT2D eigenvalue weighted by atomic mass is 32.2. The fourth-order valence-electron chi connectivity index (χ4n) is 2.08. The van der Waals surface area contributed by atoms with E-state index in [2.05, 4.69) is 0 Å². The topological polar surface area (TPSA) is 74.7 Å². The first-order valence-corrected chi connectivity index (χ1v) is 7.93. The summed E-state index contributed by atoms with van der Waals surface area (Å²) in [6.07, 6.45) is 1.12. The Morgan fingerprint density at radius 1 is 1.42 bits per heavy atom. The van der Waals surface area contributed by atoms with Crippen molar-refractivity contribution in [1.29, 1.82) is 0 Å². The number of aliphatic hydroxyl groups excluding tert-OH is 1. The minimum Gasteiger partial charge on any atom is -0.396 e. The van der Waals surface area contributed by atoms with Gasteiger partial charge in [0.15, 0.2) is 9.84 Å². The minimum absolute atomic E-state index is 0.0755. The second-order valence-electron chi connectivity index (χ2n) is 5.01. The predicted molar refractivity (Wildman–Crippen MR) is 70.8 cm³/mol. The van der Waals surface area contributed by atoms with Crippen molar-refractivity contribution in [2.45, 2.75) is 11.8 Å². The highest BCUT2D eigenvalue weighted by Gasteiger charge is 2.31. The average molecular weight is 283 g/mol. The number of likely N-dealkylation sites (tertiary alicyclic amines) is 1. The normalized spacial score (nSPS) is 16.3. The Balaban J connectivity index is 2.27. The van der Waals surface area contributed by atoms with Gasteiger partial charge in [-0.15, -0.1) is 0 Å². The fraction of sp³-hybridized carbons (Fsp3) is 0.462. The number of carbonyl (C=O) groups excluding carboxylic acids is 1. The van der Waals surface area contributed by atoms with E-state index in [1.54, 1.807) is 17.9 Å². The van der Waals surface area contributed by atoms with E-state index >= 15 is 0 Å². The molecule has 0 saturated carbocycles. The zero-order chi connectivity index (χ0) is 14.2. The van der Waals surface area contributed by atoms with Gasteiger partial charge in [0.05, 0.1) is 4.90 Å². The van der Waals surface area contributed by atoms with Crippen molar-refractivity contribution >= 4 is 15.7 Å². The number of nitrogens with zero attached hydrogens (tertiary/aromatic N) is 1. The van der Waals surface area contributed by atoms with Crippen LogP contribution in [0.2, 0.25) is 0 Å². The van der Waals surface area contributed by atoms with E-state index in [-0.39, 0.29) is 23.3 Å². The Morgan fingerprint density at radius 2 is 2.05 bits per heavy atom. The van der Waals surface area contributed by atoms with E-state index in [0.717, 1.165) is 11.8 Å². The van der Waals surface area contributed by atoms with Gasteiger partial charge in [-0.05, 0) is 24.6 Å². The van der Waals surface area contributed by atoms with E-state index in [1.807, 2.05) is 0 Å². The van der Waals surface area contributed by atoms with E-state index in [4.69, 9.17) is 5.11 Å². The predicted octanol–water partition coefficient (Wildman–Crippen LogP) is 0.463. The van der Waals surface area contributed by atoms with E-state index < -0.39 is 9.84 Å². The van der Waals surface area contributed by atoms with Crippen LogP contribution >= 0.6 is 0 Å². The third kappa shape index (κ3) is 2.79. The first-order chi connectivity index (χ1) is 8.82. The van der Waals surface area contributed by atoms with Crippen molar-refractivity contribution < 1.29 is 18.3 Å². The largest absolute Gasteiger partial charge is 0.396 e. The number of carbonyl (C=O) groups is 1. The quantitative estimate of drug-likeness (QED) is 0.874. The summed E-state index contributed by atoms with van der Waals surface area (Å²) in [4.78, 5) is 14.0. The van der Waals surface area contributed by atoms with Crippen molar-refractivity contribution in [3.63, 3.8) is 0 Å². The van der Waals surface area contributed by atoms with E-state index in [1.165, 1.54) is 12.1 Å². The van der Waals surface area contributed by atoms with Crippen LogP contribution in [0.1, 0.15) is 15.9 Å². The molecule has 1 fully saturated rings. The molecule has 1 aliphatic rings. The summed E-state index contributed by atoms with van der Waals surface area (Å²) < 4.78 is 23.0. The lowest BCUT2D eigenvalue weighted by Gasteiger charge is -2.38. The third-order valence-electron chi connectivity index (χ3n) is 3.37. The molecule has 0 atom stereocenters. The Bertz CT molecular complexity index is 603. The molecule has 1 amide bonds. The highest BCUT2D eigenvalue weighted by Crippen LogP contribution is 2.22. The molecule has 0 aromatic heterocycles. The van der Waals surface area contributed by atoms with Crippen LogP contribution in [0.25, 0.3) is 0 Å². The third-order valence-corrected chi connectivity index (χ3v) is 4.48. The summed E-state index contributed by atoms with van der Waals surface area (Å²) >= 11 is 0. The molecule has 0 radical (unpaired) electrons. The molecular formula is C13H17NO4S.